The highest BCUT2D eigenvalue weighted by Gasteiger charge is 2.38. The molecule has 2 unspecified atom stereocenters. The van der Waals surface area contributed by atoms with Crippen LogP contribution in [0.5, 0.6) is 0 Å². The Morgan fingerprint density at radius 1 is 1.50 bits per heavy atom. The normalized spacial score (nSPS) is 26.6. The molecule has 1 saturated carbocycles. The maximum Gasteiger partial charge on any atom is 0.360 e. The fourth-order valence-electron chi connectivity index (χ4n) is 2.58. The SMILES string of the molecule is CCOC(=O)c1coc(N2CC(C)OC(C3CC3)C2)n1. The molecule has 3 rings (SSSR count). The summed E-state index contributed by atoms with van der Waals surface area (Å²) in [5.74, 6) is 0.224. The van der Waals surface area contributed by atoms with Gasteiger partial charge in [-0.25, -0.2) is 4.79 Å². The third-order valence-corrected chi connectivity index (χ3v) is 3.68. The number of carbonyl (C=O) groups excluding carboxylic acids is 1. The van der Waals surface area contributed by atoms with Gasteiger partial charge < -0.3 is 18.8 Å². The van der Waals surface area contributed by atoms with E-state index in [1.807, 2.05) is 0 Å². The fraction of sp³-hybridized carbons (Fsp3) is 0.714. The Balaban J connectivity index is 1.69. The number of nitrogens with zero attached hydrogens (tertiary/aromatic N) is 2. The number of anilines is 1. The van der Waals surface area contributed by atoms with Crippen LogP contribution in [0, 0.1) is 5.92 Å². The van der Waals surface area contributed by atoms with Gasteiger partial charge in [-0.1, -0.05) is 0 Å². The van der Waals surface area contributed by atoms with Gasteiger partial charge in [0.2, 0.25) is 0 Å². The largest absolute Gasteiger partial charge is 0.461 e. The summed E-state index contributed by atoms with van der Waals surface area (Å²) in [6, 6.07) is 0.480. The molecule has 0 amide bonds. The summed E-state index contributed by atoms with van der Waals surface area (Å²) in [7, 11) is 0. The highest BCUT2D eigenvalue weighted by molar-refractivity contribution is 5.87. The minimum absolute atomic E-state index is 0.146. The Morgan fingerprint density at radius 3 is 3.00 bits per heavy atom. The molecule has 6 nitrogen and oxygen atoms in total. The summed E-state index contributed by atoms with van der Waals surface area (Å²) in [5, 5.41) is 0. The lowest BCUT2D eigenvalue weighted by Gasteiger charge is -2.36. The summed E-state index contributed by atoms with van der Waals surface area (Å²) in [4.78, 5) is 17.9. The second-order valence-electron chi connectivity index (χ2n) is 5.46. The van der Waals surface area contributed by atoms with Crippen LogP contribution in [0.25, 0.3) is 0 Å². The van der Waals surface area contributed by atoms with Gasteiger partial charge in [0.1, 0.15) is 6.26 Å². The first-order chi connectivity index (χ1) is 9.67. The van der Waals surface area contributed by atoms with Crippen molar-refractivity contribution in [2.75, 3.05) is 24.6 Å². The van der Waals surface area contributed by atoms with E-state index in [-0.39, 0.29) is 17.9 Å². The maximum absolute atomic E-state index is 11.6. The van der Waals surface area contributed by atoms with E-state index < -0.39 is 5.97 Å². The van der Waals surface area contributed by atoms with E-state index in [1.54, 1.807) is 6.92 Å². The molecule has 0 bridgehead atoms. The molecule has 110 valence electrons. The average Bonchev–Trinajstić information content (AvgIpc) is 3.15. The fourth-order valence-corrected chi connectivity index (χ4v) is 2.58. The van der Waals surface area contributed by atoms with E-state index in [2.05, 4.69) is 16.8 Å². The summed E-state index contributed by atoms with van der Waals surface area (Å²) in [6.45, 7) is 5.66. The zero-order valence-corrected chi connectivity index (χ0v) is 11.9. The van der Waals surface area contributed by atoms with Crippen LogP contribution in [-0.2, 0) is 9.47 Å². The van der Waals surface area contributed by atoms with E-state index in [4.69, 9.17) is 13.9 Å². The zero-order valence-electron chi connectivity index (χ0n) is 11.9. The van der Waals surface area contributed by atoms with E-state index in [9.17, 15) is 4.79 Å². The Bertz CT molecular complexity index is 483. The molecule has 2 fully saturated rings. The summed E-state index contributed by atoms with van der Waals surface area (Å²) in [5.41, 5.74) is 0.226. The van der Waals surface area contributed by atoms with Crippen LogP contribution < -0.4 is 4.90 Å². The monoisotopic (exact) mass is 280 g/mol. The van der Waals surface area contributed by atoms with E-state index in [0.29, 0.717) is 18.5 Å². The van der Waals surface area contributed by atoms with Crippen LogP contribution in [0.2, 0.25) is 0 Å². The molecule has 0 spiro atoms. The topological polar surface area (TPSA) is 64.8 Å². The number of rotatable bonds is 4. The second kappa shape index (κ2) is 5.44. The highest BCUT2D eigenvalue weighted by atomic mass is 16.5. The average molecular weight is 280 g/mol. The van der Waals surface area contributed by atoms with Crippen molar-refractivity contribution in [3.8, 4) is 0 Å². The van der Waals surface area contributed by atoms with Crippen LogP contribution in [0.3, 0.4) is 0 Å². The molecule has 0 radical (unpaired) electrons. The van der Waals surface area contributed by atoms with Crippen LogP contribution in [-0.4, -0.2) is 42.9 Å². The van der Waals surface area contributed by atoms with Gasteiger partial charge in [-0.15, -0.1) is 0 Å². The maximum atomic E-state index is 11.6. The molecule has 2 aliphatic rings. The summed E-state index contributed by atoms with van der Waals surface area (Å²) in [6.07, 6.45) is 4.24. The lowest BCUT2D eigenvalue weighted by molar-refractivity contribution is -0.0284. The highest BCUT2D eigenvalue weighted by Crippen LogP contribution is 2.37. The molecular formula is C14H20N2O4. The molecule has 0 N–H and O–H groups in total. The van der Waals surface area contributed by atoms with Crippen molar-refractivity contribution >= 4 is 12.0 Å². The minimum Gasteiger partial charge on any atom is -0.461 e. The van der Waals surface area contributed by atoms with Crippen molar-refractivity contribution in [2.45, 2.75) is 38.9 Å². The molecule has 0 aromatic carbocycles. The van der Waals surface area contributed by atoms with Gasteiger partial charge in [-0.05, 0) is 32.6 Å². The first-order valence-electron chi connectivity index (χ1n) is 7.20. The molecule has 20 heavy (non-hydrogen) atoms. The Morgan fingerprint density at radius 2 is 2.30 bits per heavy atom. The molecule has 6 heteroatoms. The predicted molar refractivity (Wildman–Crippen MR) is 71.7 cm³/mol. The van der Waals surface area contributed by atoms with Crippen LogP contribution >= 0.6 is 0 Å². The number of carbonyl (C=O) groups is 1. The summed E-state index contributed by atoms with van der Waals surface area (Å²) < 4.78 is 16.3. The van der Waals surface area contributed by atoms with Crippen molar-refractivity contribution in [3.05, 3.63) is 12.0 Å². The number of hydrogen-bond acceptors (Lipinski definition) is 6. The molecule has 2 heterocycles. The molecule has 1 aromatic rings. The minimum atomic E-state index is -0.442. The lowest BCUT2D eigenvalue weighted by Crippen LogP contribution is -2.47. The van der Waals surface area contributed by atoms with Crippen molar-refractivity contribution in [3.63, 3.8) is 0 Å². The van der Waals surface area contributed by atoms with Gasteiger partial charge in [0.25, 0.3) is 6.01 Å². The Kier molecular flexibility index (Phi) is 3.65. The van der Waals surface area contributed by atoms with Gasteiger partial charge >= 0.3 is 5.97 Å². The van der Waals surface area contributed by atoms with Crippen LogP contribution in [0.1, 0.15) is 37.2 Å². The summed E-state index contributed by atoms with van der Waals surface area (Å²) >= 11 is 0. The van der Waals surface area contributed by atoms with Gasteiger partial charge in [0.15, 0.2) is 5.69 Å². The zero-order chi connectivity index (χ0) is 14.1. The number of ether oxygens (including phenoxy) is 2. The van der Waals surface area contributed by atoms with Crippen molar-refractivity contribution in [2.24, 2.45) is 5.92 Å². The van der Waals surface area contributed by atoms with Gasteiger partial charge in [0, 0.05) is 13.1 Å². The predicted octanol–water partition coefficient (Wildman–Crippen LogP) is 1.85. The van der Waals surface area contributed by atoms with Crippen LogP contribution in [0.15, 0.2) is 10.7 Å². The third-order valence-electron chi connectivity index (χ3n) is 3.68. The molecule has 1 saturated heterocycles. The molecule has 1 aromatic heterocycles. The smallest absolute Gasteiger partial charge is 0.360 e. The van der Waals surface area contributed by atoms with E-state index in [1.165, 1.54) is 19.1 Å². The van der Waals surface area contributed by atoms with Crippen LogP contribution in [0.4, 0.5) is 6.01 Å². The number of aromatic nitrogens is 1. The van der Waals surface area contributed by atoms with Gasteiger partial charge in [-0.3, -0.25) is 0 Å². The number of morpholine rings is 1. The van der Waals surface area contributed by atoms with Crippen molar-refractivity contribution < 1.29 is 18.7 Å². The first kappa shape index (κ1) is 13.4. The second-order valence-corrected chi connectivity index (χ2v) is 5.46. The number of oxazole rings is 1. The lowest BCUT2D eigenvalue weighted by atomic mass is 10.1. The molecule has 2 atom stereocenters. The first-order valence-corrected chi connectivity index (χ1v) is 7.20. The quantitative estimate of drug-likeness (QED) is 0.784. The number of esters is 1. The van der Waals surface area contributed by atoms with Gasteiger partial charge in [-0.2, -0.15) is 4.98 Å². The third kappa shape index (κ3) is 2.80. The molecule has 1 aliphatic carbocycles. The Labute approximate surface area is 118 Å². The molecular weight excluding hydrogens is 260 g/mol. The standard InChI is InChI=1S/C14H20N2O4/c1-3-18-13(17)11-8-19-14(15-11)16-6-9(2)20-12(7-16)10-4-5-10/h8-10,12H,3-7H2,1-2H3. The van der Waals surface area contributed by atoms with Crippen molar-refractivity contribution in [1.82, 2.24) is 4.98 Å². The molecule has 1 aliphatic heterocycles. The number of hydrogen-bond donors (Lipinski definition) is 0. The van der Waals surface area contributed by atoms with Gasteiger partial charge in [0.05, 0.1) is 18.8 Å². The van der Waals surface area contributed by atoms with E-state index >= 15 is 0 Å². The van der Waals surface area contributed by atoms with Crippen molar-refractivity contribution in [1.29, 1.82) is 0 Å². The Hall–Kier alpha value is -1.56. The van der Waals surface area contributed by atoms with E-state index in [0.717, 1.165) is 13.1 Å².